The minimum atomic E-state index is -3.92. The largest absolute Gasteiger partial charge is 0.371 e. The molecule has 1 aliphatic heterocycles. The molecule has 0 saturated carbocycles. The summed E-state index contributed by atoms with van der Waals surface area (Å²) in [5.74, 6) is 0.338. The molecular weight excluding hydrogens is 470 g/mol. The number of nitrogens with one attached hydrogen (secondary N) is 1. The highest BCUT2D eigenvalue weighted by Gasteiger charge is 2.27. The van der Waals surface area contributed by atoms with Crippen LogP contribution in [0.1, 0.15) is 36.5 Å². The zero-order valence-electron chi connectivity index (χ0n) is 21.3. The number of aryl methyl sites for hydroxylation is 2. The molecule has 1 saturated heterocycles. The Kier molecular flexibility index (Phi) is 7.99. The van der Waals surface area contributed by atoms with Crippen molar-refractivity contribution in [1.82, 2.24) is 5.32 Å². The van der Waals surface area contributed by atoms with Crippen LogP contribution < -0.4 is 14.5 Å². The number of nitrogens with zero attached hydrogens (tertiary/aromatic N) is 2. The first-order chi connectivity index (χ1) is 17.2. The fourth-order valence-corrected chi connectivity index (χ4v) is 5.92. The van der Waals surface area contributed by atoms with Crippen LogP contribution in [0.2, 0.25) is 0 Å². The fraction of sp³-hybridized carbons (Fsp3) is 0.345. The molecule has 3 aromatic carbocycles. The van der Waals surface area contributed by atoms with Crippen molar-refractivity contribution in [3.8, 4) is 0 Å². The van der Waals surface area contributed by atoms with Gasteiger partial charge in [-0.05, 0) is 74.6 Å². The predicted molar refractivity (Wildman–Crippen MR) is 146 cm³/mol. The van der Waals surface area contributed by atoms with E-state index in [1.807, 2.05) is 38.1 Å². The number of amides is 1. The van der Waals surface area contributed by atoms with Crippen LogP contribution in [-0.2, 0) is 21.4 Å². The maximum Gasteiger partial charge on any atom is 0.264 e. The Morgan fingerprint density at radius 3 is 2.17 bits per heavy atom. The Balaban J connectivity index is 1.45. The molecule has 36 heavy (non-hydrogen) atoms. The number of anilines is 2. The Labute approximate surface area is 215 Å². The topological polar surface area (TPSA) is 69.7 Å². The predicted octanol–water partition coefficient (Wildman–Crippen LogP) is 5.05. The van der Waals surface area contributed by atoms with Crippen molar-refractivity contribution in [2.45, 2.75) is 45.1 Å². The molecule has 1 amide bonds. The Bertz CT molecular complexity index is 1270. The van der Waals surface area contributed by atoms with Crippen LogP contribution >= 0.6 is 0 Å². The van der Waals surface area contributed by atoms with Gasteiger partial charge >= 0.3 is 0 Å². The van der Waals surface area contributed by atoms with Gasteiger partial charge in [-0.2, -0.15) is 0 Å². The van der Waals surface area contributed by atoms with Crippen molar-refractivity contribution in [1.29, 1.82) is 0 Å². The minimum absolute atomic E-state index is 0.157. The number of carbonyl (C=O) groups is 1. The molecule has 1 unspecified atom stereocenters. The molecular formula is C29H35N3O3S. The molecule has 0 aromatic heterocycles. The van der Waals surface area contributed by atoms with Crippen LogP contribution in [-0.4, -0.2) is 34.0 Å². The average Bonchev–Trinajstić information content (AvgIpc) is 2.87. The summed E-state index contributed by atoms with van der Waals surface area (Å²) in [5, 5.41) is 2.89. The van der Waals surface area contributed by atoms with Crippen LogP contribution in [0, 0.1) is 19.8 Å². The van der Waals surface area contributed by atoms with Gasteiger partial charge < -0.3 is 10.2 Å². The number of benzene rings is 3. The Hall–Kier alpha value is -3.32. The second kappa shape index (κ2) is 11.2. The van der Waals surface area contributed by atoms with Gasteiger partial charge in [0.05, 0.1) is 10.6 Å². The Morgan fingerprint density at radius 2 is 1.56 bits per heavy atom. The van der Waals surface area contributed by atoms with Crippen molar-refractivity contribution in [3.05, 3.63) is 89.5 Å². The summed E-state index contributed by atoms with van der Waals surface area (Å²) >= 11 is 0. The van der Waals surface area contributed by atoms with E-state index in [1.54, 1.807) is 36.4 Å². The van der Waals surface area contributed by atoms with Gasteiger partial charge in [-0.1, -0.05) is 54.4 Å². The lowest BCUT2D eigenvalue weighted by atomic mass is 9.99. The molecule has 0 aliphatic carbocycles. The van der Waals surface area contributed by atoms with Crippen LogP contribution in [0.15, 0.2) is 77.7 Å². The van der Waals surface area contributed by atoms with Gasteiger partial charge in [0.1, 0.15) is 6.54 Å². The van der Waals surface area contributed by atoms with Gasteiger partial charge in [-0.15, -0.1) is 0 Å². The molecule has 7 heteroatoms. The van der Waals surface area contributed by atoms with E-state index in [4.69, 9.17) is 0 Å². The normalized spacial score (nSPS) is 16.0. The summed E-state index contributed by atoms with van der Waals surface area (Å²) < 4.78 is 28.2. The smallest absolute Gasteiger partial charge is 0.264 e. The van der Waals surface area contributed by atoms with Gasteiger partial charge in [-0.25, -0.2) is 8.42 Å². The summed E-state index contributed by atoms with van der Waals surface area (Å²) in [7, 11) is -3.92. The van der Waals surface area contributed by atoms with Crippen molar-refractivity contribution >= 4 is 27.3 Å². The molecule has 3 aromatic rings. The maximum absolute atomic E-state index is 13.5. The van der Waals surface area contributed by atoms with E-state index >= 15 is 0 Å². The molecule has 0 spiro atoms. The molecule has 0 bridgehead atoms. The van der Waals surface area contributed by atoms with Crippen molar-refractivity contribution in [3.63, 3.8) is 0 Å². The molecule has 1 fully saturated rings. The highest BCUT2D eigenvalue weighted by molar-refractivity contribution is 7.92. The number of carbonyl (C=O) groups excluding carboxylic acids is 1. The van der Waals surface area contributed by atoms with Crippen molar-refractivity contribution < 1.29 is 13.2 Å². The SMILES string of the molecule is Cc1ccc(N(CC(=O)NCc2ccc(N3CCCC(C)C3)cc2)S(=O)(=O)c2ccc(C)cc2)cc1. The van der Waals surface area contributed by atoms with Gasteiger partial charge in [-0.3, -0.25) is 9.10 Å². The highest BCUT2D eigenvalue weighted by Crippen LogP contribution is 2.25. The summed E-state index contributed by atoms with van der Waals surface area (Å²) in [6, 6.07) is 22.1. The van der Waals surface area contributed by atoms with E-state index in [2.05, 4.69) is 29.3 Å². The molecule has 1 aliphatic rings. The minimum Gasteiger partial charge on any atom is -0.371 e. The average molecular weight is 506 g/mol. The van der Waals surface area contributed by atoms with Gasteiger partial charge in [0, 0.05) is 25.3 Å². The van der Waals surface area contributed by atoms with E-state index in [1.165, 1.54) is 22.8 Å². The van der Waals surface area contributed by atoms with Gasteiger partial charge in [0.15, 0.2) is 0 Å². The molecule has 190 valence electrons. The summed E-state index contributed by atoms with van der Waals surface area (Å²) in [6.07, 6.45) is 2.49. The molecule has 4 rings (SSSR count). The fourth-order valence-electron chi connectivity index (χ4n) is 4.50. The lowest BCUT2D eigenvalue weighted by Crippen LogP contribution is -2.40. The Morgan fingerprint density at radius 1 is 0.944 bits per heavy atom. The zero-order chi connectivity index (χ0) is 25.7. The second-order valence-corrected chi connectivity index (χ2v) is 11.7. The number of rotatable bonds is 8. The molecule has 1 atom stereocenters. The third-order valence-corrected chi connectivity index (χ3v) is 8.45. The van der Waals surface area contributed by atoms with Crippen molar-refractivity contribution in [2.24, 2.45) is 5.92 Å². The highest BCUT2D eigenvalue weighted by atomic mass is 32.2. The first-order valence-electron chi connectivity index (χ1n) is 12.5. The third-order valence-electron chi connectivity index (χ3n) is 6.67. The van der Waals surface area contributed by atoms with E-state index < -0.39 is 10.0 Å². The first kappa shape index (κ1) is 25.8. The second-order valence-electron chi connectivity index (χ2n) is 9.80. The van der Waals surface area contributed by atoms with E-state index in [-0.39, 0.29) is 17.3 Å². The number of sulfonamides is 1. The molecule has 6 nitrogen and oxygen atoms in total. The number of piperidine rings is 1. The van der Waals surface area contributed by atoms with E-state index in [0.29, 0.717) is 18.2 Å². The standard InChI is InChI=1S/C29H35N3O3S/c1-22-6-12-27(13-7-22)32(36(34,35)28-16-8-23(2)9-17-28)21-29(33)30-19-25-10-14-26(15-11-25)31-18-4-5-24(3)20-31/h6-17,24H,4-5,18-21H2,1-3H3,(H,30,33). The van der Waals surface area contributed by atoms with Crippen molar-refractivity contribution in [2.75, 3.05) is 28.8 Å². The lowest BCUT2D eigenvalue weighted by molar-refractivity contribution is -0.119. The van der Waals surface area contributed by atoms with Crippen LogP contribution in [0.4, 0.5) is 11.4 Å². The number of hydrogen-bond donors (Lipinski definition) is 1. The monoisotopic (exact) mass is 505 g/mol. The molecule has 0 radical (unpaired) electrons. The lowest BCUT2D eigenvalue weighted by Gasteiger charge is -2.32. The quantitative estimate of drug-likeness (QED) is 0.465. The maximum atomic E-state index is 13.5. The summed E-state index contributed by atoms with van der Waals surface area (Å²) in [4.78, 5) is 15.5. The zero-order valence-corrected chi connectivity index (χ0v) is 22.1. The van der Waals surface area contributed by atoms with Gasteiger partial charge in [0.25, 0.3) is 10.0 Å². The summed E-state index contributed by atoms with van der Waals surface area (Å²) in [5.41, 5.74) is 4.61. The first-order valence-corrected chi connectivity index (χ1v) is 13.9. The van der Waals surface area contributed by atoms with Crippen LogP contribution in [0.5, 0.6) is 0 Å². The summed E-state index contributed by atoms with van der Waals surface area (Å²) in [6.45, 7) is 8.30. The molecule has 1 heterocycles. The van der Waals surface area contributed by atoms with E-state index in [0.717, 1.165) is 29.8 Å². The molecule has 1 N–H and O–H groups in total. The third kappa shape index (κ3) is 6.26. The van der Waals surface area contributed by atoms with Crippen LogP contribution in [0.25, 0.3) is 0 Å². The van der Waals surface area contributed by atoms with Crippen LogP contribution in [0.3, 0.4) is 0 Å². The van der Waals surface area contributed by atoms with E-state index in [9.17, 15) is 13.2 Å². The van der Waals surface area contributed by atoms with Gasteiger partial charge in [0.2, 0.25) is 5.91 Å². The number of hydrogen-bond acceptors (Lipinski definition) is 4.